The van der Waals surface area contributed by atoms with E-state index in [-0.39, 0.29) is 18.4 Å². The van der Waals surface area contributed by atoms with Gasteiger partial charge in [0.25, 0.3) is 0 Å². The zero-order chi connectivity index (χ0) is 15.4. The summed E-state index contributed by atoms with van der Waals surface area (Å²) in [5.41, 5.74) is 8.18. The largest absolute Gasteiger partial charge is 0.383 e. The number of benzene rings is 1. The summed E-state index contributed by atoms with van der Waals surface area (Å²) in [5.74, 6) is -0.141. The second kappa shape index (κ2) is 6.69. The minimum Gasteiger partial charge on any atom is -0.383 e. The molecule has 0 saturated carbocycles. The Balaban J connectivity index is 2.08. The zero-order valence-corrected chi connectivity index (χ0v) is 12.4. The van der Waals surface area contributed by atoms with Gasteiger partial charge in [0.1, 0.15) is 6.04 Å². The van der Waals surface area contributed by atoms with Crippen molar-refractivity contribution in [1.29, 1.82) is 0 Å². The second-order valence-electron chi connectivity index (χ2n) is 5.20. The lowest BCUT2D eigenvalue weighted by atomic mass is 10.1. The molecule has 1 aliphatic rings. The molecule has 1 aromatic carbocycles. The molecular formula is C15H21N3O3. The number of carbonyl (C=O) groups is 2. The lowest BCUT2D eigenvalue weighted by molar-refractivity contribution is -0.118. The van der Waals surface area contributed by atoms with Crippen LogP contribution in [0, 0.1) is 6.92 Å². The lowest BCUT2D eigenvalue weighted by Crippen LogP contribution is -2.39. The highest BCUT2D eigenvalue weighted by molar-refractivity contribution is 5.97. The maximum Gasteiger partial charge on any atom is 0.243 e. The van der Waals surface area contributed by atoms with Crippen LogP contribution in [0.5, 0.6) is 0 Å². The van der Waals surface area contributed by atoms with Gasteiger partial charge in [-0.3, -0.25) is 9.59 Å². The third-order valence-electron chi connectivity index (χ3n) is 3.51. The van der Waals surface area contributed by atoms with E-state index in [9.17, 15) is 9.59 Å². The Bertz CT molecular complexity index is 545. The Morgan fingerprint density at radius 2 is 2.29 bits per heavy atom. The van der Waals surface area contributed by atoms with Gasteiger partial charge in [-0.25, -0.2) is 0 Å². The van der Waals surface area contributed by atoms with Crippen molar-refractivity contribution in [1.82, 2.24) is 0 Å². The number of nitrogens with zero attached hydrogens (tertiary/aromatic N) is 1. The van der Waals surface area contributed by atoms with Crippen molar-refractivity contribution in [3.05, 3.63) is 23.8 Å². The van der Waals surface area contributed by atoms with E-state index < -0.39 is 6.04 Å². The van der Waals surface area contributed by atoms with E-state index in [1.165, 1.54) is 7.11 Å². The van der Waals surface area contributed by atoms with Gasteiger partial charge < -0.3 is 20.7 Å². The van der Waals surface area contributed by atoms with E-state index in [0.717, 1.165) is 24.2 Å². The molecule has 6 nitrogen and oxygen atoms in total. The number of rotatable bonds is 5. The molecule has 114 valence electrons. The minimum atomic E-state index is -0.699. The van der Waals surface area contributed by atoms with Crippen LogP contribution < -0.4 is 16.0 Å². The average Bonchev–Trinajstić information content (AvgIpc) is 2.85. The standard InChI is InChI=1S/C15H21N3O3/c1-10-8-11(17-15(20)12(16)9-21-2)5-6-13(10)18-7-3-4-14(18)19/h5-6,8,12H,3-4,7,9,16H2,1-2H3,(H,17,20). The molecule has 1 aromatic rings. The third kappa shape index (κ3) is 3.59. The fraction of sp³-hybridized carbons (Fsp3) is 0.467. The summed E-state index contributed by atoms with van der Waals surface area (Å²) in [6.45, 7) is 2.85. The van der Waals surface area contributed by atoms with E-state index in [0.29, 0.717) is 12.1 Å². The van der Waals surface area contributed by atoms with Gasteiger partial charge in [-0.2, -0.15) is 0 Å². The highest BCUT2D eigenvalue weighted by Crippen LogP contribution is 2.27. The third-order valence-corrected chi connectivity index (χ3v) is 3.51. The predicted octanol–water partition coefficient (Wildman–Crippen LogP) is 1.03. The summed E-state index contributed by atoms with van der Waals surface area (Å²) in [7, 11) is 1.50. The number of ether oxygens (including phenoxy) is 1. The number of aryl methyl sites for hydroxylation is 1. The van der Waals surface area contributed by atoms with Crippen LogP contribution in [0.3, 0.4) is 0 Å². The van der Waals surface area contributed by atoms with Crippen molar-refractivity contribution in [3.63, 3.8) is 0 Å². The second-order valence-corrected chi connectivity index (χ2v) is 5.20. The fourth-order valence-corrected chi connectivity index (χ4v) is 2.43. The Morgan fingerprint density at radius 1 is 1.52 bits per heavy atom. The number of hydrogen-bond acceptors (Lipinski definition) is 4. The first kappa shape index (κ1) is 15.5. The molecule has 3 N–H and O–H groups in total. The molecule has 1 aliphatic heterocycles. The summed E-state index contributed by atoms with van der Waals surface area (Å²) in [6, 6.07) is 4.79. The van der Waals surface area contributed by atoms with Crippen molar-refractivity contribution in [3.8, 4) is 0 Å². The SMILES string of the molecule is COCC(N)C(=O)Nc1ccc(N2CCCC2=O)c(C)c1. The van der Waals surface area contributed by atoms with Crippen LogP contribution in [0.2, 0.25) is 0 Å². The van der Waals surface area contributed by atoms with Gasteiger partial charge in [-0.1, -0.05) is 0 Å². The monoisotopic (exact) mass is 291 g/mol. The molecule has 0 aliphatic carbocycles. The first-order valence-electron chi connectivity index (χ1n) is 6.99. The molecule has 0 radical (unpaired) electrons. The number of nitrogens with one attached hydrogen (secondary N) is 1. The smallest absolute Gasteiger partial charge is 0.243 e. The zero-order valence-electron chi connectivity index (χ0n) is 12.4. The normalized spacial score (nSPS) is 16.1. The quantitative estimate of drug-likeness (QED) is 0.848. The van der Waals surface area contributed by atoms with E-state index in [2.05, 4.69) is 5.32 Å². The number of nitrogens with two attached hydrogens (primary N) is 1. The van der Waals surface area contributed by atoms with Crippen LogP contribution in [-0.2, 0) is 14.3 Å². The predicted molar refractivity (Wildman–Crippen MR) is 81.2 cm³/mol. The summed E-state index contributed by atoms with van der Waals surface area (Å²) >= 11 is 0. The summed E-state index contributed by atoms with van der Waals surface area (Å²) in [6.07, 6.45) is 1.49. The topological polar surface area (TPSA) is 84.7 Å². The Hall–Kier alpha value is -1.92. The number of amides is 2. The summed E-state index contributed by atoms with van der Waals surface area (Å²) in [5, 5.41) is 2.75. The van der Waals surface area contributed by atoms with E-state index in [4.69, 9.17) is 10.5 Å². The Morgan fingerprint density at radius 3 is 2.86 bits per heavy atom. The highest BCUT2D eigenvalue weighted by Gasteiger charge is 2.23. The van der Waals surface area contributed by atoms with Crippen molar-refractivity contribution >= 4 is 23.2 Å². The van der Waals surface area contributed by atoms with E-state index >= 15 is 0 Å². The lowest BCUT2D eigenvalue weighted by Gasteiger charge is -2.19. The van der Waals surface area contributed by atoms with E-state index in [1.807, 2.05) is 19.1 Å². The molecule has 0 bridgehead atoms. The van der Waals surface area contributed by atoms with Gasteiger partial charge in [0.15, 0.2) is 0 Å². The molecular weight excluding hydrogens is 270 g/mol. The average molecular weight is 291 g/mol. The first-order chi connectivity index (χ1) is 10.0. The van der Waals surface area contributed by atoms with Gasteiger partial charge in [-0.15, -0.1) is 0 Å². The van der Waals surface area contributed by atoms with Gasteiger partial charge in [-0.05, 0) is 37.1 Å². The maximum absolute atomic E-state index is 11.8. The van der Waals surface area contributed by atoms with Crippen molar-refractivity contribution in [2.24, 2.45) is 5.73 Å². The van der Waals surface area contributed by atoms with Crippen LogP contribution in [0.15, 0.2) is 18.2 Å². The van der Waals surface area contributed by atoms with Gasteiger partial charge in [0.05, 0.1) is 6.61 Å². The van der Waals surface area contributed by atoms with Crippen LogP contribution in [0.25, 0.3) is 0 Å². The number of anilines is 2. The van der Waals surface area contributed by atoms with Crippen molar-refractivity contribution in [2.75, 3.05) is 30.5 Å². The van der Waals surface area contributed by atoms with Crippen LogP contribution in [0.4, 0.5) is 11.4 Å². The molecule has 1 saturated heterocycles. The number of carbonyl (C=O) groups excluding carboxylic acids is 2. The molecule has 1 fully saturated rings. The van der Waals surface area contributed by atoms with Gasteiger partial charge in [0, 0.05) is 31.5 Å². The maximum atomic E-state index is 11.8. The molecule has 0 aromatic heterocycles. The van der Waals surface area contributed by atoms with Crippen LogP contribution >= 0.6 is 0 Å². The molecule has 1 atom stereocenters. The Kier molecular flexibility index (Phi) is 4.93. The molecule has 1 unspecified atom stereocenters. The van der Waals surface area contributed by atoms with Crippen molar-refractivity contribution in [2.45, 2.75) is 25.8 Å². The van der Waals surface area contributed by atoms with Crippen LogP contribution in [-0.4, -0.2) is 38.1 Å². The molecule has 0 spiro atoms. The molecule has 1 heterocycles. The van der Waals surface area contributed by atoms with Gasteiger partial charge in [0.2, 0.25) is 11.8 Å². The molecule has 21 heavy (non-hydrogen) atoms. The minimum absolute atomic E-state index is 0.150. The highest BCUT2D eigenvalue weighted by atomic mass is 16.5. The Labute approximate surface area is 124 Å². The van der Waals surface area contributed by atoms with Gasteiger partial charge >= 0.3 is 0 Å². The fourth-order valence-electron chi connectivity index (χ4n) is 2.43. The first-order valence-corrected chi connectivity index (χ1v) is 6.99. The molecule has 2 rings (SSSR count). The molecule has 6 heteroatoms. The van der Waals surface area contributed by atoms with Crippen LogP contribution in [0.1, 0.15) is 18.4 Å². The summed E-state index contributed by atoms with van der Waals surface area (Å²) < 4.78 is 4.85. The summed E-state index contributed by atoms with van der Waals surface area (Å²) in [4.78, 5) is 25.4. The number of methoxy groups -OCH3 is 1. The number of hydrogen-bond donors (Lipinski definition) is 2. The molecule has 2 amide bonds. The van der Waals surface area contributed by atoms with E-state index in [1.54, 1.807) is 11.0 Å². The van der Waals surface area contributed by atoms with Crippen molar-refractivity contribution < 1.29 is 14.3 Å².